The van der Waals surface area contributed by atoms with Crippen molar-refractivity contribution >= 4 is 34.9 Å². The van der Waals surface area contributed by atoms with Crippen molar-refractivity contribution in [3.8, 4) is 0 Å². The monoisotopic (exact) mass is 558 g/mol. The van der Waals surface area contributed by atoms with Gasteiger partial charge in [0.15, 0.2) is 11.5 Å². The van der Waals surface area contributed by atoms with Crippen LogP contribution in [-0.2, 0) is 21.7 Å². The maximum Gasteiger partial charge on any atom is 0.257 e. The molecule has 1 aromatic heterocycles. The van der Waals surface area contributed by atoms with Crippen LogP contribution in [0.4, 0.5) is 4.39 Å². The van der Waals surface area contributed by atoms with Gasteiger partial charge >= 0.3 is 0 Å². The van der Waals surface area contributed by atoms with E-state index in [0.29, 0.717) is 34.1 Å². The molecule has 3 aromatic rings. The highest BCUT2D eigenvalue weighted by molar-refractivity contribution is 6.30. The van der Waals surface area contributed by atoms with Crippen LogP contribution < -0.4 is 0 Å². The Hall–Kier alpha value is -2.88. The number of carbonyl (C=O) groups is 2. The fraction of sp³-hybridized carbons (Fsp3) is 0.321. The van der Waals surface area contributed by atoms with Crippen LogP contribution in [-0.4, -0.2) is 52.1 Å². The number of amides is 1. The van der Waals surface area contributed by atoms with Gasteiger partial charge in [-0.3, -0.25) is 19.5 Å². The number of aliphatic hydroxyl groups is 1. The number of ketones is 1. The number of benzene rings is 2. The summed E-state index contributed by atoms with van der Waals surface area (Å²) in [6.07, 6.45) is 2.84. The number of ether oxygens (including phenoxy) is 2. The Labute approximate surface area is 229 Å². The topological polar surface area (TPSA) is 89.0 Å². The molecule has 1 atom stereocenters. The molecular formula is C28H25Cl2FN2O5. The third kappa shape index (κ3) is 4.83. The van der Waals surface area contributed by atoms with Crippen molar-refractivity contribution in [3.63, 3.8) is 0 Å². The molecule has 1 aliphatic heterocycles. The standard InChI is InChI=1S/C28H25Cl2FN2O5/c1-17(35)18-12-23-25(24(31)13-18)28(19-2-4-20(29)5-3-19,38-16-27(8-9-27)37-11-10-34)33(26(23)36)15-22-7-6-21(30)14-32-22/h2-7,12-14,34H,8-11,15-16H2,1H3. The number of halogens is 3. The molecule has 2 aromatic carbocycles. The van der Waals surface area contributed by atoms with E-state index in [9.17, 15) is 14.7 Å². The van der Waals surface area contributed by atoms with Crippen molar-refractivity contribution in [2.24, 2.45) is 0 Å². The van der Waals surface area contributed by atoms with Gasteiger partial charge in [0.1, 0.15) is 5.82 Å². The van der Waals surface area contributed by atoms with Gasteiger partial charge in [-0.25, -0.2) is 4.39 Å². The number of rotatable bonds is 10. The minimum absolute atomic E-state index is 0.00161. The lowest BCUT2D eigenvalue weighted by atomic mass is 9.91. The highest BCUT2D eigenvalue weighted by Crippen LogP contribution is 2.50. The van der Waals surface area contributed by atoms with Gasteiger partial charge in [-0.2, -0.15) is 0 Å². The summed E-state index contributed by atoms with van der Waals surface area (Å²) in [6.45, 7) is 1.28. The van der Waals surface area contributed by atoms with Gasteiger partial charge in [0.25, 0.3) is 5.91 Å². The molecule has 10 heteroatoms. The summed E-state index contributed by atoms with van der Waals surface area (Å²) in [5, 5.41) is 10.1. The van der Waals surface area contributed by atoms with Gasteiger partial charge < -0.3 is 14.6 Å². The Balaban J connectivity index is 1.70. The maximum absolute atomic E-state index is 16.0. The summed E-state index contributed by atoms with van der Waals surface area (Å²) < 4.78 is 28.5. The molecule has 7 nitrogen and oxygen atoms in total. The lowest BCUT2D eigenvalue weighted by molar-refractivity contribution is -0.151. The molecule has 1 amide bonds. The Morgan fingerprint density at radius 3 is 2.42 bits per heavy atom. The SMILES string of the molecule is CC(=O)c1cc(F)c2c(c1)C(=O)N(Cc1ccc(Cl)cn1)C2(OCC1(OCCO)CC1)c1ccc(Cl)cc1. The molecule has 1 N–H and O–H groups in total. The zero-order valence-corrected chi connectivity index (χ0v) is 22.1. The average molecular weight is 559 g/mol. The largest absolute Gasteiger partial charge is 0.394 e. The third-order valence-corrected chi connectivity index (χ3v) is 7.36. The van der Waals surface area contributed by atoms with E-state index in [0.717, 1.165) is 6.07 Å². The van der Waals surface area contributed by atoms with Crippen LogP contribution in [0.3, 0.4) is 0 Å². The van der Waals surface area contributed by atoms with Crippen molar-refractivity contribution in [2.45, 2.75) is 37.6 Å². The first-order valence-electron chi connectivity index (χ1n) is 12.1. The van der Waals surface area contributed by atoms with Crippen molar-refractivity contribution < 1.29 is 28.6 Å². The van der Waals surface area contributed by atoms with Crippen LogP contribution in [0.15, 0.2) is 54.7 Å². The lowest BCUT2D eigenvalue weighted by Crippen LogP contribution is -2.48. The summed E-state index contributed by atoms with van der Waals surface area (Å²) in [4.78, 5) is 31.9. The molecule has 1 fully saturated rings. The van der Waals surface area contributed by atoms with Crippen LogP contribution in [0.1, 0.15) is 57.3 Å². The second-order valence-corrected chi connectivity index (χ2v) is 10.4. The van der Waals surface area contributed by atoms with Gasteiger partial charge in [-0.1, -0.05) is 35.3 Å². The molecule has 2 aliphatic rings. The molecule has 0 spiro atoms. The van der Waals surface area contributed by atoms with Gasteiger partial charge in [-0.05, 0) is 56.2 Å². The Morgan fingerprint density at radius 1 is 1.11 bits per heavy atom. The van der Waals surface area contributed by atoms with E-state index >= 15 is 4.39 Å². The maximum atomic E-state index is 16.0. The van der Waals surface area contributed by atoms with Crippen LogP contribution in [0.2, 0.25) is 10.0 Å². The van der Waals surface area contributed by atoms with E-state index in [2.05, 4.69) is 4.98 Å². The summed E-state index contributed by atoms with van der Waals surface area (Å²) in [6, 6.07) is 12.5. The van der Waals surface area contributed by atoms with Crippen LogP contribution in [0.5, 0.6) is 0 Å². The predicted octanol–water partition coefficient (Wildman–Crippen LogP) is 5.15. The summed E-state index contributed by atoms with van der Waals surface area (Å²) in [5.74, 6) is -1.64. The number of hydrogen-bond acceptors (Lipinski definition) is 6. The Morgan fingerprint density at radius 2 is 1.82 bits per heavy atom. The van der Waals surface area contributed by atoms with E-state index < -0.39 is 23.1 Å². The first-order valence-corrected chi connectivity index (χ1v) is 12.9. The molecule has 198 valence electrons. The molecule has 0 bridgehead atoms. The van der Waals surface area contributed by atoms with E-state index in [-0.39, 0.29) is 48.8 Å². The number of fused-ring (bicyclic) bond motifs is 1. The molecule has 1 saturated carbocycles. The fourth-order valence-electron chi connectivity index (χ4n) is 4.77. The Bertz CT molecular complexity index is 1380. The minimum Gasteiger partial charge on any atom is -0.394 e. The first-order chi connectivity index (χ1) is 18.2. The van der Waals surface area contributed by atoms with Gasteiger partial charge in [0.05, 0.1) is 53.8 Å². The van der Waals surface area contributed by atoms with E-state index in [1.165, 1.54) is 24.1 Å². The normalized spacial score (nSPS) is 19.5. The zero-order valence-electron chi connectivity index (χ0n) is 20.5. The summed E-state index contributed by atoms with van der Waals surface area (Å²) >= 11 is 12.2. The number of hydrogen-bond donors (Lipinski definition) is 1. The zero-order chi connectivity index (χ0) is 27.1. The summed E-state index contributed by atoms with van der Waals surface area (Å²) in [5.41, 5.74) is -1.29. The highest BCUT2D eigenvalue weighted by Gasteiger charge is 2.57. The van der Waals surface area contributed by atoms with Gasteiger partial charge in [0.2, 0.25) is 0 Å². The molecule has 0 radical (unpaired) electrons. The average Bonchev–Trinajstić information content (AvgIpc) is 3.64. The fourth-order valence-corrected chi connectivity index (χ4v) is 5.01. The van der Waals surface area contributed by atoms with Crippen molar-refractivity contribution in [2.75, 3.05) is 19.8 Å². The van der Waals surface area contributed by atoms with E-state index in [4.69, 9.17) is 32.7 Å². The molecule has 5 rings (SSSR count). The number of aliphatic hydroxyl groups excluding tert-OH is 1. The van der Waals surface area contributed by atoms with Gasteiger partial charge in [-0.15, -0.1) is 0 Å². The number of aromatic nitrogens is 1. The molecule has 1 unspecified atom stereocenters. The number of pyridine rings is 1. The molecule has 38 heavy (non-hydrogen) atoms. The van der Waals surface area contributed by atoms with Crippen LogP contribution in [0.25, 0.3) is 0 Å². The van der Waals surface area contributed by atoms with Crippen LogP contribution >= 0.6 is 23.2 Å². The number of carbonyl (C=O) groups excluding carboxylic acids is 2. The third-order valence-electron chi connectivity index (χ3n) is 6.89. The molecule has 1 aliphatic carbocycles. The second kappa shape index (κ2) is 10.4. The van der Waals surface area contributed by atoms with E-state index in [1.54, 1.807) is 36.4 Å². The smallest absolute Gasteiger partial charge is 0.257 e. The van der Waals surface area contributed by atoms with E-state index in [1.807, 2.05) is 0 Å². The predicted molar refractivity (Wildman–Crippen MR) is 139 cm³/mol. The highest BCUT2D eigenvalue weighted by atomic mass is 35.5. The van der Waals surface area contributed by atoms with Gasteiger partial charge in [0, 0.05) is 22.3 Å². The Kier molecular flexibility index (Phi) is 7.28. The molecule has 2 heterocycles. The molecule has 0 saturated heterocycles. The second-order valence-electron chi connectivity index (χ2n) is 9.49. The minimum atomic E-state index is -1.71. The number of nitrogens with zero attached hydrogens (tertiary/aromatic N) is 2. The quantitative estimate of drug-likeness (QED) is 0.346. The van der Waals surface area contributed by atoms with Crippen molar-refractivity contribution in [1.82, 2.24) is 9.88 Å². The van der Waals surface area contributed by atoms with Crippen molar-refractivity contribution in [3.05, 3.63) is 98.5 Å². The number of Topliss-reactive ketones (excluding diaryl/α,β-unsaturated/α-hetero) is 1. The molecular weight excluding hydrogens is 534 g/mol. The lowest BCUT2D eigenvalue weighted by Gasteiger charge is -2.40. The summed E-state index contributed by atoms with van der Waals surface area (Å²) in [7, 11) is 0. The van der Waals surface area contributed by atoms with Crippen molar-refractivity contribution in [1.29, 1.82) is 0 Å². The van der Waals surface area contributed by atoms with Crippen LogP contribution in [0, 0.1) is 5.82 Å². The first kappa shape index (κ1) is 26.7.